The van der Waals surface area contributed by atoms with E-state index in [0.29, 0.717) is 0 Å². The Kier molecular flexibility index (Phi) is 2.27. The number of rotatable bonds is 2. The predicted molar refractivity (Wildman–Crippen MR) is 47.3 cm³/mol. The number of carbonyl (C=O) groups is 2. The Hall–Kier alpha value is -1.52. The summed E-state index contributed by atoms with van der Waals surface area (Å²) in [6.45, 7) is 3.48. The van der Waals surface area contributed by atoms with Crippen LogP contribution in [0.3, 0.4) is 0 Å². The summed E-state index contributed by atoms with van der Waals surface area (Å²) in [5.41, 5.74) is 5.03. The smallest absolute Gasteiger partial charge is 0.247 e. The van der Waals surface area contributed by atoms with Gasteiger partial charge in [-0.3, -0.25) is 9.59 Å². The molecule has 0 spiro atoms. The SMILES string of the molecule is CC1=CC(=O)N[C@](C)(CC(N)=O)N1. The molecule has 5 heteroatoms. The zero-order valence-corrected chi connectivity index (χ0v) is 7.68. The molecule has 0 bridgehead atoms. The van der Waals surface area contributed by atoms with Crippen molar-refractivity contribution in [3.05, 3.63) is 11.8 Å². The average Bonchev–Trinajstić information content (AvgIpc) is 1.77. The van der Waals surface area contributed by atoms with Crippen molar-refractivity contribution in [2.75, 3.05) is 0 Å². The van der Waals surface area contributed by atoms with Gasteiger partial charge in [0.05, 0.1) is 6.42 Å². The van der Waals surface area contributed by atoms with Gasteiger partial charge in [0.1, 0.15) is 5.66 Å². The highest BCUT2D eigenvalue weighted by Gasteiger charge is 2.30. The van der Waals surface area contributed by atoms with Crippen molar-refractivity contribution in [1.29, 1.82) is 0 Å². The fourth-order valence-corrected chi connectivity index (χ4v) is 1.44. The van der Waals surface area contributed by atoms with Gasteiger partial charge in [-0.05, 0) is 13.8 Å². The number of carbonyl (C=O) groups excluding carboxylic acids is 2. The van der Waals surface area contributed by atoms with Crippen LogP contribution in [0.4, 0.5) is 0 Å². The standard InChI is InChI=1S/C8H13N3O2/c1-5-3-7(13)11-8(2,10-5)4-6(9)12/h3,10H,4H2,1-2H3,(H2,9,12)(H,11,13)/t8-/m1/s1. The monoisotopic (exact) mass is 183 g/mol. The fourth-order valence-electron chi connectivity index (χ4n) is 1.44. The van der Waals surface area contributed by atoms with Gasteiger partial charge in [0.25, 0.3) is 0 Å². The first-order valence-corrected chi connectivity index (χ1v) is 3.98. The molecule has 1 atom stereocenters. The van der Waals surface area contributed by atoms with Crippen molar-refractivity contribution in [2.45, 2.75) is 25.9 Å². The van der Waals surface area contributed by atoms with Crippen molar-refractivity contribution in [2.24, 2.45) is 5.73 Å². The summed E-state index contributed by atoms with van der Waals surface area (Å²) < 4.78 is 0. The molecule has 1 aliphatic rings. The largest absolute Gasteiger partial charge is 0.370 e. The lowest BCUT2D eigenvalue weighted by Gasteiger charge is -2.34. The van der Waals surface area contributed by atoms with Gasteiger partial charge in [-0.15, -0.1) is 0 Å². The van der Waals surface area contributed by atoms with Crippen LogP contribution in [-0.2, 0) is 9.59 Å². The van der Waals surface area contributed by atoms with Gasteiger partial charge < -0.3 is 16.4 Å². The summed E-state index contributed by atoms with van der Waals surface area (Å²) >= 11 is 0. The van der Waals surface area contributed by atoms with Gasteiger partial charge in [-0.25, -0.2) is 0 Å². The number of allylic oxidation sites excluding steroid dienone is 1. The van der Waals surface area contributed by atoms with E-state index in [4.69, 9.17) is 5.73 Å². The molecule has 0 saturated carbocycles. The Balaban J connectivity index is 2.77. The van der Waals surface area contributed by atoms with E-state index in [1.807, 2.05) is 0 Å². The van der Waals surface area contributed by atoms with Crippen LogP contribution in [0.1, 0.15) is 20.3 Å². The van der Waals surface area contributed by atoms with Crippen molar-refractivity contribution in [3.8, 4) is 0 Å². The molecule has 1 rings (SSSR count). The number of amides is 2. The number of primary amides is 1. The number of hydrogen-bond donors (Lipinski definition) is 3. The molecule has 4 N–H and O–H groups in total. The van der Waals surface area contributed by atoms with Crippen molar-refractivity contribution >= 4 is 11.8 Å². The Morgan fingerprint density at radius 1 is 1.62 bits per heavy atom. The number of nitrogens with one attached hydrogen (secondary N) is 2. The quantitative estimate of drug-likeness (QED) is 0.524. The molecular formula is C8H13N3O2. The van der Waals surface area contributed by atoms with Crippen LogP contribution >= 0.6 is 0 Å². The summed E-state index contributed by atoms with van der Waals surface area (Å²) in [5.74, 6) is -0.662. The van der Waals surface area contributed by atoms with E-state index in [0.717, 1.165) is 5.70 Å². The third-order valence-corrected chi connectivity index (χ3v) is 1.75. The van der Waals surface area contributed by atoms with Crippen LogP contribution in [0.15, 0.2) is 11.8 Å². The van der Waals surface area contributed by atoms with Gasteiger partial charge in [0, 0.05) is 11.8 Å². The van der Waals surface area contributed by atoms with E-state index < -0.39 is 11.6 Å². The highest BCUT2D eigenvalue weighted by atomic mass is 16.2. The van der Waals surface area contributed by atoms with Crippen LogP contribution in [0.2, 0.25) is 0 Å². The van der Waals surface area contributed by atoms with E-state index in [1.165, 1.54) is 6.08 Å². The second-order valence-electron chi connectivity index (χ2n) is 3.42. The van der Waals surface area contributed by atoms with Crippen LogP contribution in [0, 0.1) is 0 Å². The van der Waals surface area contributed by atoms with E-state index in [1.54, 1.807) is 13.8 Å². The second-order valence-corrected chi connectivity index (χ2v) is 3.42. The van der Waals surface area contributed by atoms with E-state index in [-0.39, 0.29) is 12.3 Å². The topological polar surface area (TPSA) is 84.2 Å². The molecule has 0 aromatic rings. The second kappa shape index (κ2) is 3.08. The van der Waals surface area contributed by atoms with Crippen LogP contribution in [-0.4, -0.2) is 17.5 Å². The molecule has 0 aliphatic carbocycles. The maximum atomic E-state index is 11.1. The Labute approximate surface area is 76.4 Å². The van der Waals surface area contributed by atoms with Gasteiger partial charge >= 0.3 is 0 Å². The molecule has 0 aromatic carbocycles. The fraction of sp³-hybridized carbons (Fsp3) is 0.500. The predicted octanol–water partition coefficient (Wildman–Crippen LogP) is -0.799. The average molecular weight is 183 g/mol. The molecule has 13 heavy (non-hydrogen) atoms. The highest BCUT2D eigenvalue weighted by Crippen LogP contribution is 2.11. The molecule has 0 fully saturated rings. The van der Waals surface area contributed by atoms with E-state index >= 15 is 0 Å². The molecule has 0 unspecified atom stereocenters. The summed E-state index contributed by atoms with van der Waals surface area (Å²) in [7, 11) is 0. The molecule has 0 aromatic heterocycles. The van der Waals surface area contributed by atoms with E-state index in [9.17, 15) is 9.59 Å². The normalized spacial score (nSPS) is 27.2. The zero-order valence-electron chi connectivity index (χ0n) is 7.68. The van der Waals surface area contributed by atoms with Gasteiger partial charge in [0.15, 0.2) is 0 Å². The lowest BCUT2D eigenvalue weighted by molar-refractivity contribution is -0.122. The third kappa shape index (κ3) is 2.47. The lowest BCUT2D eigenvalue weighted by Crippen LogP contribution is -2.60. The van der Waals surface area contributed by atoms with E-state index in [2.05, 4.69) is 10.6 Å². The van der Waals surface area contributed by atoms with Crippen LogP contribution in [0.25, 0.3) is 0 Å². The van der Waals surface area contributed by atoms with Gasteiger partial charge in [0.2, 0.25) is 11.8 Å². The van der Waals surface area contributed by atoms with Gasteiger partial charge in [-0.1, -0.05) is 0 Å². The zero-order chi connectivity index (χ0) is 10.1. The van der Waals surface area contributed by atoms with Crippen LogP contribution in [0.5, 0.6) is 0 Å². The molecule has 1 heterocycles. The van der Waals surface area contributed by atoms with Crippen molar-refractivity contribution < 1.29 is 9.59 Å². The highest BCUT2D eigenvalue weighted by molar-refractivity contribution is 5.90. The maximum Gasteiger partial charge on any atom is 0.247 e. The first kappa shape index (κ1) is 9.57. The lowest BCUT2D eigenvalue weighted by atomic mass is 10.1. The van der Waals surface area contributed by atoms with Gasteiger partial charge in [-0.2, -0.15) is 0 Å². The molecule has 0 radical (unpaired) electrons. The van der Waals surface area contributed by atoms with Crippen LogP contribution < -0.4 is 16.4 Å². The Bertz CT molecular complexity index is 285. The summed E-state index contributed by atoms with van der Waals surface area (Å²) in [4.78, 5) is 21.8. The Morgan fingerprint density at radius 3 is 2.69 bits per heavy atom. The minimum Gasteiger partial charge on any atom is -0.370 e. The third-order valence-electron chi connectivity index (χ3n) is 1.75. The number of hydrogen-bond acceptors (Lipinski definition) is 3. The molecule has 1 aliphatic heterocycles. The van der Waals surface area contributed by atoms with Crippen molar-refractivity contribution in [1.82, 2.24) is 10.6 Å². The minimum atomic E-state index is -0.748. The minimum absolute atomic E-state index is 0.0733. The molecule has 0 saturated heterocycles. The summed E-state index contributed by atoms with van der Waals surface area (Å²) in [6, 6.07) is 0. The van der Waals surface area contributed by atoms with Crippen molar-refractivity contribution in [3.63, 3.8) is 0 Å². The number of nitrogens with two attached hydrogens (primary N) is 1. The molecule has 5 nitrogen and oxygen atoms in total. The first-order chi connectivity index (χ1) is 5.91. The molecule has 2 amide bonds. The Morgan fingerprint density at radius 2 is 2.23 bits per heavy atom. The first-order valence-electron chi connectivity index (χ1n) is 3.98. The maximum absolute atomic E-state index is 11.1. The summed E-state index contributed by atoms with van der Waals surface area (Å²) in [6.07, 6.45) is 1.51. The molecule has 72 valence electrons. The molecular weight excluding hydrogens is 170 g/mol. The summed E-state index contributed by atoms with van der Waals surface area (Å²) in [5, 5.41) is 5.61.